The van der Waals surface area contributed by atoms with E-state index in [2.05, 4.69) is 22.3 Å². The molecular formula is C19H26N2O2S. The second-order valence-corrected chi connectivity index (χ2v) is 7.54. The first-order chi connectivity index (χ1) is 11.6. The summed E-state index contributed by atoms with van der Waals surface area (Å²) >= 11 is 1.61. The molecule has 4 nitrogen and oxygen atoms in total. The molecule has 1 aliphatic heterocycles. The molecule has 1 unspecified atom stereocenters. The van der Waals surface area contributed by atoms with Crippen LogP contribution >= 0.6 is 11.3 Å². The summed E-state index contributed by atoms with van der Waals surface area (Å²) in [7, 11) is 1.69. The molecule has 5 heteroatoms. The third-order valence-corrected chi connectivity index (χ3v) is 5.84. The van der Waals surface area contributed by atoms with Crippen LogP contribution in [0.25, 0.3) is 0 Å². The van der Waals surface area contributed by atoms with Gasteiger partial charge in [-0.2, -0.15) is 0 Å². The standard InChI is InChI=1S/C19H26N2O2S/c1-19(22,18-4-3-13-24-18)14-20-15-9-11-21(12-10-15)16-5-7-17(23-2)8-6-16/h3-8,13,15,20,22H,9-12,14H2,1-2H3. The van der Waals surface area contributed by atoms with Crippen molar-refractivity contribution < 1.29 is 9.84 Å². The average molecular weight is 346 g/mol. The van der Waals surface area contributed by atoms with E-state index in [1.165, 1.54) is 5.69 Å². The highest BCUT2D eigenvalue weighted by Crippen LogP contribution is 2.26. The van der Waals surface area contributed by atoms with Gasteiger partial charge in [0, 0.05) is 36.2 Å². The van der Waals surface area contributed by atoms with Crippen LogP contribution in [0.4, 0.5) is 5.69 Å². The van der Waals surface area contributed by atoms with E-state index in [1.54, 1.807) is 18.4 Å². The topological polar surface area (TPSA) is 44.7 Å². The highest BCUT2D eigenvalue weighted by Gasteiger charge is 2.26. The summed E-state index contributed by atoms with van der Waals surface area (Å²) in [5.74, 6) is 0.895. The number of rotatable bonds is 6. The van der Waals surface area contributed by atoms with Gasteiger partial charge in [-0.15, -0.1) is 11.3 Å². The number of nitrogens with zero attached hydrogens (tertiary/aromatic N) is 1. The fourth-order valence-corrected chi connectivity index (χ4v) is 3.94. The zero-order chi connectivity index (χ0) is 17.0. The molecule has 0 amide bonds. The van der Waals surface area contributed by atoms with Crippen molar-refractivity contribution in [1.82, 2.24) is 5.32 Å². The molecule has 3 rings (SSSR count). The predicted molar refractivity (Wildman–Crippen MR) is 100 cm³/mol. The van der Waals surface area contributed by atoms with Crippen LogP contribution in [0.1, 0.15) is 24.6 Å². The minimum absolute atomic E-state index is 0.464. The monoisotopic (exact) mass is 346 g/mol. The Bertz CT molecular complexity index is 617. The van der Waals surface area contributed by atoms with Crippen molar-refractivity contribution in [2.45, 2.75) is 31.4 Å². The van der Waals surface area contributed by atoms with Gasteiger partial charge in [0.1, 0.15) is 11.4 Å². The summed E-state index contributed by atoms with van der Waals surface area (Å²) < 4.78 is 5.22. The lowest BCUT2D eigenvalue weighted by Crippen LogP contribution is -2.46. The van der Waals surface area contributed by atoms with Gasteiger partial charge in [-0.3, -0.25) is 0 Å². The summed E-state index contributed by atoms with van der Waals surface area (Å²) in [6.45, 7) is 4.55. The van der Waals surface area contributed by atoms with Crippen LogP contribution in [-0.2, 0) is 5.60 Å². The molecule has 0 saturated carbocycles. The number of benzene rings is 1. The second kappa shape index (κ2) is 7.55. The highest BCUT2D eigenvalue weighted by molar-refractivity contribution is 7.10. The smallest absolute Gasteiger partial charge is 0.119 e. The van der Waals surface area contributed by atoms with Crippen LogP contribution in [0.5, 0.6) is 5.75 Å². The molecule has 130 valence electrons. The lowest BCUT2D eigenvalue weighted by atomic mass is 10.0. The van der Waals surface area contributed by atoms with Gasteiger partial charge in [-0.1, -0.05) is 6.07 Å². The van der Waals surface area contributed by atoms with E-state index in [1.807, 2.05) is 36.6 Å². The molecule has 1 aliphatic rings. The minimum atomic E-state index is -0.790. The predicted octanol–water partition coefficient (Wildman–Crippen LogP) is 3.22. The maximum atomic E-state index is 10.6. The molecule has 1 atom stereocenters. The number of aliphatic hydroxyl groups is 1. The van der Waals surface area contributed by atoms with Crippen LogP contribution in [-0.4, -0.2) is 37.9 Å². The number of anilines is 1. The zero-order valence-electron chi connectivity index (χ0n) is 14.4. The van der Waals surface area contributed by atoms with Gasteiger partial charge in [0.25, 0.3) is 0 Å². The Kier molecular flexibility index (Phi) is 5.43. The number of nitrogens with one attached hydrogen (secondary N) is 1. The second-order valence-electron chi connectivity index (χ2n) is 6.59. The Morgan fingerprint density at radius 3 is 2.54 bits per heavy atom. The molecule has 0 radical (unpaired) electrons. The van der Waals surface area contributed by atoms with Crippen LogP contribution in [0.15, 0.2) is 41.8 Å². The van der Waals surface area contributed by atoms with E-state index in [4.69, 9.17) is 4.74 Å². The van der Waals surface area contributed by atoms with Crippen molar-refractivity contribution in [3.63, 3.8) is 0 Å². The van der Waals surface area contributed by atoms with Crippen LogP contribution < -0.4 is 15.0 Å². The summed E-state index contributed by atoms with van der Waals surface area (Å²) in [4.78, 5) is 3.43. The molecular weight excluding hydrogens is 320 g/mol. The summed E-state index contributed by atoms with van der Waals surface area (Å²) in [5, 5.41) is 16.2. The molecule has 2 heterocycles. The van der Waals surface area contributed by atoms with Gasteiger partial charge in [0.05, 0.1) is 7.11 Å². The van der Waals surface area contributed by atoms with Crippen LogP contribution in [0.2, 0.25) is 0 Å². The Balaban J connectivity index is 1.48. The Labute approximate surface area is 148 Å². The Hall–Kier alpha value is -1.56. The number of piperidine rings is 1. The largest absolute Gasteiger partial charge is 0.497 e. The number of ether oxygens (including phenoxy) is 1. The highest BCUT2D eigenvalue weighted by atomic mass is 32.1. The normalized spacial score (nSPS) is 18.4. The number of methoxy groups -OCH3 is 1. The molecule has 1 aromatic carbocycles. The third-order valence-electron chi connectivity index (χ3n) is 4.72. The van der Waals surface area contributed by atoms with E-state index < -0.39 is 5.60 Å². The fourth-order valence-electron chi connectivity index (χ4n) is 3.15. The van der Waals surface area contributed by atoms with E-state index in [-0.39, 0.29) is 0 Å². The maximum absolute atomic E-state index is 10.6. The fraction of sp³-hybridized carbons (Fsp3) is 0.474. The molecule has 0 spiro atoms. The molecule has 1 aromatic heterocycles. The zero-order valence-corrected chi connectivity index (χ0v) is 15.2. The van der Waals surface area contributed by atoms with Crippen LogP contribution in [0, 0.1) is 0 Å². The van der Waals surface area contributed by atoms with Gasteiger partial charge >= 0.3 is 0 Å². The number of hydrogen-bond acceptors (Lipinski definition) is 5. The summed E-state index contributed by atoms with van der Waals surface area (Å²) in [6, 6.07) is 12.7. The first-order valence-corrected chi connectivity index (χ1v) is 9.35. The summed E-state index contributed by atoms with van der Waals surface area (Å²) in [5.41, 5.74) is 0.459. The minimum Gasteiger partial charge on any atom is -0.497 e. The number of thiophene rings is 1. The first-order valence-electron chi connectivity index (χ1n) is 8.47. The van der Waals surface area contributed by atoms with E-state index in [0.717, 1.165) is 36.6 Å². The molecule has 1 fully saturated rings. The average Bonchev–Trinajstić information content (AvgIpc) is 3.16. The van der Waals surface area contributed by atoms with Gasteiger partial charge in [-0.25, -0.2) is 0 Å². The van der Waals surface area contributed by atoms with Gasteiger partial charge in [0.2, 0.25) is 0 Å². The quantitative estimate of drug-likeness (QED) is 0.843. The van der Waals surface area contributed by atoms with E-state index >= 15 is 0 Å². The lowest BCUT2D eigenvalue weighted by molar-refractivity contribution is 0.0565. The maximum Gasteiger partial charge on any atom is 0.119 e. The lowest BCUT2D eigenvalue weighted by Gasteiger charge is -2.35. The molecule has 2 N–H and O–H groups in total. The molecule has 1 saturated heterocycles. The van der Waals surface area contributed by atoms with Gasteiger partial charge < -0.3 is 20.1 Å². The first kappa shape index (κ1) is 17.3. The molecule has 24 heavy (non-hydrogen) atoms. The van der Waals surface area contributed by atoms with Crippen LogP contribution in [0.3, 0.4) is 0 Å². The Morgan fingerprint density at radius 1 is 1.25 bits per heavy atom. The Morgan fingerprint density at radius 2 is 1.96 bits per heavy atom. The molecule has 0 aliphatic carbocycles. The summed E-state index contributed by atoms with van der Waals surface area (Å²) in [6.07, 6.45) is 2.18. The van der Waals surface area contributed by atoms with Crippen molar-refractivity contribution >= 4 is 17.0 Å². The van der Waals surface area contributed by atoms with Crippen molar-refractivity contribution in [2.75, 3.05) is 31.6 Å². The van der Waals surface area contributed by atoms with Crippen molar-refractivity contribution in [3.8, 4) is 5.75 Å². The number of hydrogen-bond donors (Lipinski definition) is 2. The van der Waals surface area contributed by atoms with Gasteiger partial charge in [-0.05, 0) is 55.5 Å². The van der Waals surface area contributed by atoms with Gasteiger partial charge in [0.15, 0.2) is 0 Å². The third kappa shape index (κ3) is 4.09. The van der Waals surface area contributed by atoms with E-state index in [9.17, 15) is 5.11 Å². The van der Waals surface area contributed by atoms with E-state index in [0.29, 0.717) is 12.6 Å². The molecule has 2 aromatic rings. The van der Waals surface area contributed by atoms with Crippen molar-refractivity contribution in [3.05, 3.63) is 46.7 Å². The molecule has 0 bridgehead atoms. The SMILES string of the molecule is COc1ccc(N2CCC(NCC(C)(O)c3cccs3)CC2)cc1. The van der Waals surface area contributed by atoms with Crippen molar-refractivity contribution in [1.29, 1.82) is 0 Å². The van der Waals surface area contributed by atoms with Crippen molar-refractivity contribution in [2.24, 2.45) is 0 Å².